The third-order valence-electron chi connectivity index (χ3n) is 4.38. The predicted octanol–water partition coefficient (Wildman–Crippen LogP) is 3.16. The molecule has 1 aliphatic carbocycles. The number of hydrogen-bond donors (Lipinski definition) is 0. The van der Waals surface area contributed by atoms with Crippen LogP contribution in [0.2, 0.25) is 0 Å². The van der Waals surface area contributed by atoms with E-state index in [2.05, 4.69) is 42.7 Å². The summed E-state index contributed by atoms with van der Waals surface area (Å²) in [5, 5.41) is 4.73. The maximum absolute atomic E-state index is 4.85. The zero-order chi connectivity index (χ0) is 14.8. The molecule has 1 heterocycles. The van der Waals surface area contributed by atoms with E-state index in [4.69, 9.17) is 10.1 Å². The van der Waals surface area contributed by atoms with Crippen LogP contribution in [0.3, 0.4) is 0 Å². The highest BCUT2D eigenvalue weighted by Crippen LogP contribution is 2.38. The largest absolute Gasteiger partial charge is 0.306 e. The minimum absolute atomic E-state index is 0.564. The Labute approximate surface area is 126 Å². The number of rotatable bonds is 5. The molecule has 112 valence electrons. The van der Waals surface area contributed by atoms with Crippen molar-refractivity contribution in [3.8, 4) is 11.4 Å². The summed E-state index contributed by atoms with van der Waals surface area (Å²) in [5.74, 6) is 2.61. The summed E-state index contributed by atoms with van der Waals surface area (Å²) in [4.78, 5) is 7.16. The Bertz CT molecular complexity index is 582. The maximum atomic E-state index is 4.85. The van der Waals surface area contributed by atoms with Gasteiger partial charge in [-0.3, -0.25) is 0 Å². The van der Waals surface area contributed by atoms with Crippen LogP contribution in [0.5, 0.6) is 0 Å². The lowest BCUT2D eigenvalue weighted by atomic mass is 9.79. The molecule has 2 aromatic rings. The average molecular weight is 284 g/mol. The van der Waals surface area contributed by atoms with E-state index in [0.29, 0.717) is 12.0 Å². The van der Waals surface area contributed by atoms with E-state index < -0.39 is 0 Å². The van der Waals surface area contributed by atoms with Crippen LogP contribution in [-0.2, 0) is 6.54 Å². The van der Waals surface area contributed by atoms with Crippen molar-refractivity contribution in [2.45, 2.75) is 44.7 Å². The second kappa shape index (κ2) is 5.98. The first-order valence-electron chi connectivity index (χ1n) is 7.85. The van der Waals surface area contributed by atoms with Crippen LogP contribution in [0.15, 0.2) is 30.3 Å². The van der Waals surface area contributed by atoms with Gasteiger partial charge in [-0.05, 0) is 33.4 Å². The van der Waals surface area contributed by atoms with Crippen LogP contribution in [0.25, 0.3) is 11.4 Å². The lowest BCUT2D eigenvalue weighted by molar-refractivity contribution is 0.158. The van der Waals surface area contributed by atoms with Gasteiger partial charge >= 0.3 is 0 Å². The Morgan fingerprint density at radius 1 is 1.19 bits per heavy atom. The number of benzene rings is 1. The molecule has 0 saturated heterocycles. The summed E-state index contributed by atoms with van der Waals surface area (Å²) in [6, 6.07) is 11.0. The Balaban J connectivity index is 1.84. The van der Waals surface area contributed by atoms with Crippen molar-refractivity contribution in [3.05, 3.63) is 36.2 Å². The molecule has 0 atom stereocenters. The second-order valence-electron chi connectivity index (χ2n) is 6.17. The van der Waals surface area contributed by atoms with E-state index >= 15 is 0 Å². The van der Waals surface area contributed by atoms with Crippen LogP contribution < -0.4 is 0 Å². The molecule has 1 aromatic heterocycles. The molecule has 1 saturated carbocycles. The summed E-state index contributed by atoms with van der Waals surface area (Å²) in [6.07, 6.45) is 3.49. The molecular weight excluding hydrogens is 260 g/mol. The summed E-state index contributed by atoms with van der Waals surface area (Å²) in [5.41, 5.74) is 1.11. The van der Waals surface area contributed by atoms with E-state index in [1.54, 1.807) is 0 Å². The molecule has 0 unspecified atom stereocenters. The molecule has 0 spiro atoms. The maximum Gasteiger partial charge on any atom is 0.181 e. The average Bonchev–Trinajstić information content (AvgIpc) is 2.82. The van der Waals surface area contributed by atoms with Gasteiger partial charge in [0, 0.05) is 24.1 Å². The monoisotopic (exact) mass is 284 g/mol. The molecule has 0 amide bonds. The highest BCUT2D eigenvalue weighted by molar-refractivity contribution is 5.54. The fourth-order valence-electron chi connectivity index (χ4n) is 2.96. The van der Waals surface area contributed by atoms with Crippen molar-refractivity contribution < 1.29 is 0 Å². The van der Waals surface area contributed by atoms with Gasteiger partial charge in [-0.1, -0.05) is 37.3 Å². The third kappa shape index (κ3) is 2.86. The number of aryl methyl sites for hydroxylation is 1. The van der Waals surface area contributed by atoms with Gasteiger partial charge in [-0.2, -0.15) is 5.10 Å². The SMILES string of the molecule is CCCn1nc(-c2ccccc2)nc1C1CC(N(C)C)C1. The Morgan fingerprint density at radius 2 is 1.90 bits per heavy atom. The quantitative estimate of drug-likeness (QED) is 0.845. The molecule has 0 N–H and O–H groups in total. The normalized spacial score (nSPS) is 21.5. The van der Waals surface area contributed by atoms with Crippen molar-refractivity contribution in [2.75, 3.05) is 14.1 Å². The van der Waals surface area contributed by atoms with Crippen molar-refractivity contribution in [2.24, 2.45) is 0 Å². The van der Waals surface area contributed by atoms with Gasteiger partial charge in [0.2, 0.25) is 0 Å². The topological polar surface area (TPSA) is 34.0 Å². The van der Waals surface area contributed by atoms with Crippen LogP contribution in [0, 0.1) is 0 Å². The fourth-order valence-corrected chi connectivity index (χ4v) is 2.96. The third-order valence-corrected chi connectivity index (χ3v) is 4.38. The minimum Gasteiger partial charge on any atom is -0.306 e. The van der Waals surface area contributed by atoms with E-state index in [1.165, 1.54) is 18.7 Å². The lowest BCUT2D eigenvalue weighted by Gasteiger charge is -2.39. The van der Waals surface area contributed by atoms with Crippen LogP contribution >= 0.6 is 0 Å². The molecule has 4 nitrogen and oxygen atoms in total. The van der Waals surface area contributed by atoms with Crippen LogP contribution in [0.1, 0.15) is 37.9 Å². The van der Waals surface area contributed by atoms with Crippen molar-refractivity contribution in [1.82, 2.24) is 19.7 Å². The first kappa shape index (κ1) is 14.3. The summed E-state index contributed by atoms with van der Waals surface area (Å²) in [7, 11) is 4.32. The van der Waals surface area contributed by atoms with Gasteiger partial charge in [-0.25, -0.2) is 9.67 Å². The van der Waals surface area contributed by atoms with Gasteiger partial charge in [-0.15, -0.1) is 0 Å². The summed E-state index contributed by atoms with van der Waals surface area (Å²) < 4.78 is 2.12. The van der Waals surface area contributed by atoms with Crippen LogP contribution in [-0.4, -0.2) is 39.8 Å². The molecule has 1 aliphatic rings. The highest BCUT2D eigenvalue weighted by atomic mass is 15.4. The Morgan fingerprint density at radius 3 is 2.52 bits per heavy atom. The molecule has 0 aliphatic heterocycles. The molecule has 3 rings (SSSR count). The van der Waals surface area contributed by atoms with Gasteiger partial charge in [0.05, 0.1) is 0 Å². The fraction of sp³-hybridized carbons (Fsp3) is 0.529. The minimum atomic E-state index is 0.564. The zero-order valence-electron chi connectivity index (χ0n) is 13.2. The van der Waals surface area contributed by atoms with Crippen LogP contribution in [0.4, 0.5) is 0 Å². The second-order valence-corrected chi connectivity index (χ2v) is 6.17. The number of nitrogens with zero attached hydrogens (tertiary/aromatic N) is 4. The van der Waals surface area contributed by atoms with Crippen molar-refractivity contribution >= 4 is 0 Å². The molecular formula is C17H24N4. The lowest BCUT2D eigenvalue weighted by Crippen LogP contribution is -2.40. The molecule has 1 fully saturated rings. The van der Waals surface area contributed by atoms with E-state index in [-0.39, 0.29) is 0 Å². The van der Waals surface area contributed by atoms with E-state index in [0.717, 1.165) is 24.4 Å². The Hall–Kier alpha value is -1.68. The van der Waals surface area contributed by atoms with E-state index in [9.17, 15) is 0 Å². The number of aromatic nitrogens is 3. The zero-order valence-corrected chi connectivity index (χ0v) is 13.2. The summed E-state index contributed by atoms with van der Waals surface area (Å²) in [6.45, 7) is 3.15. The van der Waals surface area contributed by atoms with Gasteiger partial charge in [0.15, 0.2) is 5.82 Å². The molecule has 21 heavy (non-hydrogen) atoms. The molecule has 0 radical (unpaired) electrons. The van der Waals surface area contributed by atoms with Gasteiger partial charge in [0.25, 0.3) is 0 Å². The smallest absolute Gasteiger partial charge is 0.181 e. The first-order chi connectivity index (χ1) is 10.2. The standard InChI is InChI=1S/C17H24N4/c1-4-10-21-17(14-11-15(12-14)20(2)3)18-16(19-21)13-8-6-5-7-9-13/h5-9,14-15H,4,10-12H2,1-3H3. The highest BCUT2D eigenvalue weighted by Gasteiger charge is 2.35. The summed E-state index contributed by atoms with van der Waals surface area (Å²) >= 11 is 0. The number of hydrogen-bond acceptors (Lipinski definition) is 3. The predicted molar refractivity (Wildman–Crippen MR) is 85.2 cm³/mol. The molecule has 4 heteroatoms. The van der Waals surface area contributed by atoms with Crippen molar-refractivity contribution in [1.29, 1.82) is 0 Å². The van der Waals surface area contributed by atoms with Gasteiger partial charge in [0.1, 0.15) is 5.82 Å². The molecule has 0 bridgehead atoms. The van der Waals surface area contributed by atoms with Gasteiger partial charge < -0.3 is 4.90 Å². The first-order valence-corrected chi connectivity index (χ1v) is 7.85. The Kier molecular flexibility index (Phi) is 4.06. The van der Waals surface area contributed by atoms with Crippen molar-refractivity contribution in [3.63, 3.8) is 0 Å². The van der Waals surface area contributed by atoms with E-state index in [1.807, 2.05) is 18.2 Å². The molecule has 1 aromatic carbocycles.